The zero-order valence-corrected chi connectivity index (χ0v) is 5.46. The van der Waals surface area contributed by atoms with Crippen LogP contribution in [0.5, 0.6) is 0 Å². The van der Waals surface area contributed by atoms with Crippen LogP contribution in [0.3, 0.4) is 0 Å². The molecular weight excluding hydrogens is 110 g/mol. The normalized spacial score (nSPS) is 1.00. The van der Waals surface area contributed by atoms with Crippen LogP contribution in [0.25, 0.3) is 0 Å². The van der Waals surface area contributed by atoms with Crippen LogP contribution in [-0.2, 0) is 15.4 Å². The van der Waals surface area contributed by atoms with Gasteiger partial charge in [0, 0.05) is 0 Å². The monoisotopic (exact) mass is 110 g/mol. The Labute approximate surface area is 61.9 Å². The summed E-state index contributed by atoms with van der Waals surface area (Å²) in [6.45, 7) is 0. The molecule has 6 heteroatoms. The van der Waals surface area contributed by atoms with Crippen molar-refractivity contribution in [2.75, 3.05) is 0 Å². The molecule has 0 atom stereocenters. The van der Waals surface area contributed by atoms with E-state index in [1.807, 2.05) is 0 Å². The van der Waals surface area contributed by atoms with E-state index < -0.39 is 0 Å². The first kappa shape index (κ1) is 60.9. The van der Waals surface area contributed by atoms with Crippen molar-refractivity contribution < 1.29 is 34.3 Å². The van der Waals surface area contributed by atoms with Crippen LogP contribution in [0.4, 0.5) is 0 Å². The zero-order chi connectivity index (χ0) is 2.00. The Morgan fingerprint density at radius 2 is 1.00 bits per heavy atom. The van der Waals surface area contributed by atoms with E-state index in [9.17, 15) is 0 Å². The molecule has 0 aromatic heterocycles. The molecule has 0 fully saturated rings. The van der Waals surface area contributed by atoms with Gasteiger partial charge in [0.2, 0.25) is 0 Å². The van der Waals surface area contributed by atoms with Gasteiger partial charge >= 0.3 is 50.8 Å². The molecule has 0 aromatic carbocycles. The van der Waals surface area contributed by atoms with Gasteiger partial charge in [0.25, 0.3) is 0 Å². The van der Waals surface area contributed by atoms with Gasteiger partial charge in [0.15, 0.2) is 0 Å². The largest absolute Gasteiger partial charge is 3.00 e. The second kappa shape index (κ2) is 137. The molecule has 6 heavy (non-hydrogen) atoms. The minimum absolute atomic E-state index is 0. The Balaban J connectivity index is -0.000000000833. The molecule has 0 aromatic rings. The maximum Gasteiger partial charge on any atom is 3.00 e. The first-order chi connectivity index (χ1) is 1.00. The topological polar surface area (TPSA) is 74.1 Å². The van der Waals surface area contributed by atoms with E-state index in [0.717, 1.165) is 0 Å². The van der Waals surface area contributed by atoms with Crippen LogP contribution in [-0.4, -0.2) is 27.5 Å². The van der Waals surface area contributed by atoms with Crippen molar-refractivity contribution in [2.24, 2.45) is 0 Å². The summed E-state index contributed by atoms with van der Waals surface area (Å²) in [5, 5.41) is 0. The van der Waals surface area contributed by atoms with Crippen LogP contribution < -0.4 is 18.9 Å². The summed E-state index contributed by atoms with van der Waals surface area (Å²) in [6, 6.07) is 0. The molecule has 3 nitrogen and oxygen atoms in total. The van der Waals surface area contributed by atoms with Crippen LogP contribution in [0, 0.1) is 0 Å². The SMILES string of the molecule is O=[Si+2].[Al+3].[Li+].[O-2].[O-2]. The second-order valence-corrected chi connectivity index (χ2v) is 0. The van der Waals surface area contributed by atoms with Gasteiger partial charge in [-0.3, -0.25) is 0 Å². The van der Waals surface area contributed by atoms with E-state index in [-0.39, 0.29) is 47.2 Å². The van der Waals surface area contributed by atoms with E-state index in [0.29, 0.717) is 0 Å². The Hall–Kier alpha value is 1.07. The minimum atomic E-state index is 0. The summed E-state index contributed by atoms with van der Waals surface area (Å²) in [7, 11) is 1.72. The van der Waals surface area contributed by atoms with Crippen LogP contribution >= 0.6 is 0 Å². The molecule has 0 aliphatic rings. The van der Waals surface area contributed by atoms with Gasteiger partial charge in [-0.05, 0) is 0 Å². The fourth-order valence-corrected chi connectivity index (χ4v) is 0. The van der Waals surface area contributed by atoms with Crippen LogP contribution in [0.2, 0.25) is 0 Å². The molecule has 0 unspecified atom stereocenters. The summed E-state index contributed by atoms with van der Waals surface area (Å²) in [5.41, 5.74) is 0. The minimum Gasteiger partial charge on any atom is -2.00 e. The molecule has 0 N–H and O–H groups in total. The summed E-state index contributed by atoms with van der Waals surface area (Å²) in [6.07, 6.45) is 0. The molecule has 0 saturated heterocycles. The van der Waals surface area contributed by atoms with Gasteiger partial charge in [0.05, 0.1) is 0 Å². The number of hydrogen-bond acceptors (Lipinski definition) is 1. The number of hydrogen-bond donors (Lipinski definition) is 0. The predicted octanol–water partition coefficient (Wildman–Crippen LogP) is -4.11. The van der Waals surface area contributed by atoms with Crippen molar-refractivity contribution in [3.63, 3.8) is 0 Å². The van der Waals surface area contributed by atoms with Crippen molar-refractivity contribution >= 4 is 27.5 Å². The molecule has 0 rings (SSSR count). The first-order valence-corrected chi connectivity index (χ1v) is 0.612. The molecule has 0 saturated carbocycles. The van der Waals surface area contributed by atoms with Gasteiger partial charge < -0.3 is 11.0 Å². The summed E-state index contributed by atoms with van der Waals surface area (Å²) in [4.78, 5) is 0. The fraction of sp³-hybridized carbons (Fsp3) is 0. The van der Waals surface area contributed by atoms with Gasteiger partial charge in [-0.2, -0.15) is 0 Å². The van der Waals surface area contributed by atoms with E-state index in [1.165, 1.54) is 0 Å². The smallest absolute Gasteiger partial charge is 2.00 e. The third-order valence-electron chi connectivity index (χ3n) is 0. The van der Waals surface area contributed by atoms with Crippen molar-refractivity contribution in [1.82, 2.24) is 0 Å². The second-order valence-electron chi connectivity index (χ2n) is 0. The Bertz CT molecular complexity index is 10.8. The van der Waals surface area contributed by atoms with Gasteiger partial charge in [-0.15, -0.1) is 0 Å². The average Bonchev–Trinajstić information content (AvgIpc) is 1.00. The number of rotatable bonds is 0. The van der Waals surface area contributed by atoms with Crippen LogP contribution in [0.1, 0.15) is 0 Å². The summed E-state index contributed by atoms with van der Waals surface area (Å²) >= 11 is 0. The van der Waals surface area contributed by atoms with Crippen molar-refractivity contribution in [3.8, 4) is 0 Å². The van der Waals surface area contributed by atoms with E-state index >= 15 is 0 Å². The van der Waals surface area contributed by atoms with Crippen molar-refractivity contribution in [3.05, 3.63) is 0 Å². The zero-order valence-electron chi connectivity index (χ0n) is 3.30. The molecule has 0 bridgehead atoms. The Morgan fingerprint density at radius 1 is 1.00 bits per heavy atom. The third kappa shape index (κ3) is 73.6. The van der Waals surface area contributed by atoms with Crippen molar-refractivity contribution in [1.29, 1.82) is 0 Å². The van der Waals surface area contributed by atoms with E-state index in [4.69, 9.17) is 4.46 Å². The predicted molar refractivity (Wildman–Crippen MR) is 13.6 cm³/mol. The van der Waals surface area contributed by atoms with Gasteiger partial charge in [-0.25, -0.2) is 0 Å². The Kier molecular flexibility index (Phi) is 1390. The Morgan fingerprint density at radius 3 is 1.00 bits per heavy atom. The molecule has 0 aliphatic carbocycles. The molecular formula is AlLiO3Si+2. The quantitative estimate of drug-likeness (QED) is 0.292. The summed E-state index contributed by atoms with van der Waals surface area (Å²) < 4.78 is 8.06. The molecule has 24 valence electrons. The van der Waals surface area contributed by atoms with E-state index in [1.54, 1.807) is 10.1 Å². The van der Waals surface area contributed by atoms with Crippen molar-refractivity contribution in [2.45, 2.75) is 0 Å². The van der Waals surface area contributed by atoms with Gasteiger partial charge in [0.1, 0.15) is 0 Å². The standard InChI is InChI=1S/Al.Li.OSi.2O/c;;1-2;;/q+3;+1;+2;2*-2. The first-order valence-electron chi connectivity index (χ1n) is 0.204. The molecule has 0 spiro atoms. The summed E-state index contributed by atoms with van der Waals surface area (Å²) in [5.74, 6) is 0. The molecule has 0 amide bonds. The molecule has 0 heterocycles. The molecule has 0 aliphatic heterocycles. The van der Waals surface area contributed by atoms with E-state index in [2.05, 4.69) is 0 Å². The maximum atomic E-state index is 8.06. The molecule has 0 radical (unpaired) electrons. The third-order valence-corrected chi connectivity index (χ3v) is 0. The fourth-order valence-electron chi connectivity index (χ4n) is 0. The van der Waals surface area contributed by atoms with Gasteiger partial charge in [-0.1, -0.05) is 0 Å². The average molecular weight is 110 g/mol. The van der Waals surface area contributed by atoms with Crippen LogP contribution in [0.15, 0.2) is 0 Å². The maximum absolute atomic E-state index is 8.06.